The van der Waals surface area contributed by atoms with E-state index in [-0.39, 0.29) is 31.0 Å². The first kappa shape index (κ1) is 20.1. The lowest BCUT2D eigenvalue weighted by molar-refractivity contribution is -0.157. The topological polar surface area (TPSA) is 117 Å². The smallest absolute Gasteiger partial charge is 0.340 e. The Labute approximate surface area is 155 Å². The molecule has 2 rings (SSSR count). The number of nitrogens with one attached hydrogen (secondary N) is 1. The van der Waals surface area contributed by atoms with Gasteiger partial charge in [0.15, 0.2) is 5.69 Å². The molecule has 1 heterocycles. The highest BCUT2D eigenvalue weighted by Gasteiger charge is 2.32. The summed E-state index contributed by atoms with van der Waals surface area (Å²) in [5.74, 6) is -2.66. The molecule has 27 heavy (non-hydrogen) atoms. The lowest BCUT2D eigenvalue weighted by Crippen LogP contribution is -2.48. The number of carbonyl (C=O) groups is 3. The maximum atomic E-state index is 12.8. The highest BCUT2D eigenvalue weighted by molar-refractivity contribution is 6.09. The van der Waals surface area contributed by atoms with E-state index in [2.05, 4.69) is 10.4 Å². The van der Waals surface area contributed by atoms with Gasteiger partial charge in [-0.1, -0.05) is 18.2 Å². The van der Waals surface area contributed by atoms with Gasteiger partial charge >= 0.3 is 11.9 Å². The number of aryl methyl sites for hydroxylation is 1. The second kappa shape index (κ2) is 8.93. The third-order valence-corrected chi connectivity index (χ3v) is 3.70. The van der Waals surface area contributed by atoms with Gasteiger partial charge in [0, 0.05) is 11.9 Å². The van der Waals surface area contributed by atoms with Gasteiger partial charge in [-0.05, 0) is 26.8 Å². The zero-order chi connectivity index (χ0) is 20.0. The monoisotopic (exact) mass is 375 g/mol. The van der Waals surface area contributed by atoms with Crippen LogP contribution in [0.5, 0.6) is 0 Å². The minimum absolute atomic E-state index is 0.0342. The molecule has 1 N–H and O–H groups in total. The van der Waals surface area contributed by atoms with Crippen LogP contribution in [-0.2, 0) is 25.6 Å². The van der Waals surface area contributed by atoms with Crippen LogP contribution in [0.4, 0.5) is 0 Å². The quantitative estimate of drug-likeness (QED) is 0.557. The first-order chi connectivity index (χ1) is 12.9. The second-order valence-electron chi connectivity index (χ2n) is 5.43. The Bertz CT molecular complexity index is 903. The molecule has 9 heteroatoms. The van der Waals surface area contributed by atoms with E-state index in [1.165, 1.54) is 0 Å². The summed E-state index contributed by atoms with van der Waals surface area (Å²) in [5, 5.41) is 6.99. The number of hydrogen-bond acceptors (Lipinski definition) is 7. The number of fused-ring (bicyclic) bond motifs is 1. The molecule has 9 nitrogen and oxygen atoms in total. The van der Waals surface area contributed by atoms with Gasteiger partial charge in [-0.2, -0.15) is 5.10 Å². The number of hydrogen-bond donors (Lipinski definition) is 1. The molecule has 0 saturated heterocycles. The average Bonchev–Trinajstić information content (AvgIpc) is 2.66. The van der Waals surface area contributed by atoms with Crippen LogP contribution >= 0.6 is 0 Å². The summed E-state index contributed by atoms with van der Waals surface area (Å²) in [5.41, 5.74) is -0.414. The minimum Gasteiger partial charge on any atom is -0.464 e. The molecule has 0 spiro atoms. The fraction of sp³-hybridized carbons (Fsp3) is 0.389. The molecule has 1 amide bonds. The standard InChI is InChI=1S/C18H21N3O6/c1-4-21-16(23)12-10-8-7-9-11(12)13(20-21)15(22)19-14(17(24)26-5-2)18(25)27-6-3/h7-10,14H,4-6H2,1-3H3,(H,19,22). The van der Waals surface area contributed by atoms with E-state index in [1.807, 2.05) is 0 Å². The van der Waals surface area contributed by atoms with Crippen molar-refractivity contribution >= 4 is 28.6 Å². The molecule has 0 aliphatic carbocycles. The number of aromatic nitrogens is 2. The highest BCUT2D eigenvalue weighted by Crippen LogP contribution is 2.13. The van der Waals surface area contributed by atoms with Crippen LogP contribution in [0, 0.1) is 0 Å². The molecule has 1 aromatic carbocycles. The summed E-state index contributed by atoms with van der Waals surface area (Å²) in [6.45, 7) is 5.19. The molecule has 144 valence electrons. The number of rotatable bonds is 7. The Morgan fingerprint density at radius 2 is 1.59 bits per heavy atom. The van der Waals surface area contributed by atoms with E-state index >= 15 is 0 Å². The maximum Gasteiger partial charge on any atom is 0.340 e. The van der Waals surface area contributed by atoms with Crippen LogP contribution in [0.3, 0.4) is 0 Å². The van der Waals surface area contributed by atoms with Gasteiger partial charge in [0.05, 0.1) is 18.6 Å². The van der Waals surface area contributed by atoms with Crippen LogP contribution in [0.2, 0.25) is 0 Å². The Balaban J connectivity index is 2.46. The maximum absolute atomic E-state index is 12.8. The normalized spacial score (nSPS) is 10.7. The van der Waals surface area contributed by atoms with Crippen molar-refractivity contribution in [3.8, 4) is 0 Å². The molecular weight excluding hydrogens is 354 g/mol. The number of ether oxygens (including phenoxy) is 2. The Hall–Kier alpha value is -3.23. The lowest BCUT2D eigenvalue weighted by atomic mass is 10.1. The summed E-state index contributed by atoms with van der Waals surface area (Å²) in [4.78, 5) is 49.2. The van der Waals surface area contributed by atoms with Crippen molar-refractivity contribution < 1.29 is 23.9 Å². The molecule has 0 unspecified atom stereocenters. The van der Waals surface area contributed by atoms with Crippen molar-refractivity contribution in [2.75, 3.05) is 13.2 Å². The minimum atomic E-state index is -1.63. The molecule has 0 bridgehead atoms. The van der Waals surface area contributed by atoms with Crippen LogP contribution < -0.4 is 10.9 Å². The molecule has 1 aromatic heterocycles. The Morgan fingerprint density at radius 3 is 2.11 bits per heavy atom. The van der Waals surface area contributed by atoms with E-state index in [0.717, 1.165) is 4.68 Å². The van der Waals surface area contributed by atoms with Crippen LogP contribution in [-0.4, -0.2) is 46.9 Å². The number of nitrogens with zero attached hydrogens (tertiary/aromatic N) is 2. The van der Waals surface area contributed by atoms with Gasteiger partial charge in [-0.3, -0.25) is 9.59 Å². The predicted molar refractivity (Wildman–Crippen MR) is 96.2 cm³/mol. The van der Waals surface area contributed by atoms with Gasteiger partial charge < -0.3 is 14.8 Å². The molecular formula is C18H21N3O6. The highest BCUT2D eigenvalue weighted by atomic mass is 16.6. The second-order valence-corrected chi connectivity index (χ2v) is 5.43. The van der Waals surface area contributed by atoms with E-state index in [9.17, 15) is 19.2 Å². The average molecular weight is 375 g/mol. The molecule has 0 fully saturated rings. The number of carbonyl (C=O) groups excluding carboxylic acids is 3. The van der Waals surface area contributed by atoms with Gasteiger partial charge in [0.2, 0.25) is 6.04 Å². The summed E-state index contributed by atoms with van der Waals surface area (Å²) >= 11 is 0. The van der Waals surface area contributed by atoms with Crippen LogP contribution in [0.25, 0.3) is 10.8 Å². The number of esters is 2. The predicted octanol–water partition coefficient (Wildman–Crippen LogP) is 0.641. The summed E-state index contributed by atoms with van der Waals surface area (Å²) in [6.07, 6.45) is 0. The molecule has 0 atom stereocenters. The molecule has 2 aromatic rings. The van der Waals surface area contributed by atoms with Gasteiger partial charge in [0.1, 0.15) is 0 Å². The summed E-state index contributed by atoms with van der Waals surface area (Å²) in [7, 11) is 0. The van der Waals surface area contributed by atoms with Crippen LogP contribution in [0.1, 0.15) is 31.3 Å². The zero-order valence-corrected chi connectivity index (χ0v) is 15.4. The van der Waals surface area contributed by atoms with Crippen molar-refractivity contribution in [2.24, 2.45) is 0 Å². The molecule has 0 aliphatic rings. The van der Waals surface area contributed by atoms with Gasteiger partial charge in [-0.25, -0.2) is 14.3 Å². The fourth-order valence-corrected chi connectivity index (χ4v) is 2.48. The van der Waals surface area contributed by atoms with Gasteiger partial charge in [0.25, 0.3) is 11.5 Å². The molecule has 0 saturated carbocycles. The first-order valence-electron chi connectivity index (χ1n) is 8.58. The summed E-state index contributed by atoms with van der Waals surface area (Å²) < 4.78 is 10.8. The van der Waals surface area contributed by atoms with Crippen molar-refractivity contribution in [3.05, 3.63) is 40.3 Å². The van der Waals surface area contributed by atoms with Crippen molar-refractivity contribution in [1.82, 2.24) is 15.1 Å². The lowest BCUT2D eigenvalue weighted by Gasteiger charge is -2.16. The van der Waals surface area contributed by atoms with Crippen molar-refractivity contribution in [2.45, 2.75) is 33.4 Å². The van der Waals surface area contributed by atoms with Crippen molar-refractivity contribution in [3.63, 3.8) is 0 Å². The van der Waals surface area contributed by atoms with E-state index in [0.29, 0.717) is 10.8 Å². The fourth-order valence-electron chi connectivity index (χ4n) is 2.48. The van der Waals surface area contributed by atoms with Crippen molar-refractivity contribution in [1.29, 1.82) is 0 Å². The van der Waals surface area contributed by atoms with E-state index in [1.54, 1.807) is 45.0 Å². The molecule has 0 aliphatic heterocycles. The number of amides is 1. The SMILES string of the molecule is CCOC(=O)C(NC(=O)c1nn(CC)c(=O)c2ccccc12)C(=O)OCC. The van der Waals surface area contributed by atoms with Crippen LogP contribution in [0.15, 0.2) is 29.1 Å². The van der Waals surface area contributed by atoms with Gasteiger partial charge in [-0.15, -0.1) is 0 Å². The third kappa shape index (κ3) is 4.30. The van der Waals surface area contributed by atoms with E-state index < -0.39 is 23.9 Å². The molecule has 0 radical (unpaired) electrons. The Kier molecular flexibility index (Phi) is 6.64. The zero-order valence-electron chi connectivity index (χ0n) is 15.4. The third-order valence-electron chi connectivity index (χ3n) is 3.70. The Morgan fingerprint density at radius 1 is 1.04 bits per heavy atom. The number of benzene rings is 1. The largest absolute Gasteiger partial charge is 0.464 e. The first-order valence-corrected chi connectivity index (χ1v) is 8.58. The summed E-state index contributed by atoms with van der Waals surface area (Å²) in [6, 6.07) is 4.86. The van der Waals surface area contributed by atoms with E-state index in [4.69, 9.17) is 9.47 Å².